The number of benzene rings is 1. The van der Waals surface area contributed by atoms with Gasteiger partial charge in [-0.1, -0.05) is 13.8 Å². The van der Waals surface area contributed by atoms with Gasteiger partial charge in [0.15, 0.2) is 0 Å². The van der Waals surface area contributed by atoms with Crippen molar-refractivity contribution in [2.45, 2.75) is 32.9 Å². The van der Waals surface area contributed by atoms with Crippen molar-refractivity contribution < 1.29 is 13.9 Å². The predicted molar refractivity (Wildman–Crippen MR) is 63.6 cm³/mol. The monoisotopic (exact) mass is 243 g/mol. The van der Waals surface area contributed by atoms with Crippen molar-refractivity contribution in [1.29, 1.82) is 0 Å². The lowest BCUT2D eigenvalue weighted by molar-refractivity contribution is 0.200. The van der Waals surface area contributed by atoms with E-state index < -0.39 is 11.6 Å². The molecule has 0 aliphatic rings. The van der Waals surface area contributed by atoms with Gasteiger partial charge in [0.25, 0.3) is 0 Å². The van der Waals surface area contributed by atoms with Gasteiger partial charge >= 0.3 is 0 Å². The molecule has 1 unspecified atom stereocenters. The van der Waals surface area contributed by atoms with Crippen LogP contribution in [-0.4, -0.2) is 17.8 Å². The summed E-state index contributed by atoms with van der Waals surface area (Å²) in [5.41, 5.74) is 0.282. The molecule has 17 heavy (non-hydrogen) atoms. The second-order valence-electron chi connectivity index (χ2n) is 4.59. The fraction of sp³-hybridized carbons (Fsp3) is 0.538. The zero-order chi connectivity index (χ0) is 13.0. The number of nitrogens with one attached hydrogen (secondary N) is 1. The first kappa shape index (κ1) is 14.1. The largest absolute Gasteiger partial charge is 0.395 e. The van der Waals surface area contributed by atoms with Gasteiger partial charge in [0, 0.05) is 17.6 Å². The van der Waals surface area contributed by atoms with E-state index in [1.165, 1.54) is 6.07 Å². The van der Waals surface area contributed by atoms with E-state index in [9.17, 15) is 13.9 Å². The molecule has 4 heteroatoms. The summed E-state index contributed by atoms with van der Waals surface area (Å²) in [6, 6.07) is 2.92. The molecular weight excluding hydrogens is 224 g/mol. The van der Waals surface area contributed by atoms with Gasteiger partial charge in [-0.3, -0.25) is 0 Å². The predicted octanol–water partition coefficient (Wildman–Crippen LogP) is 2.63. The van der Waals surface area contributed by atoms with Gasteiger partial charge in [0.1, 0.15) is 11.6 Å². The zero-order valence-electron chi connectivity index (χ0n) is 10.4. The minimum Gasteiger partial charge on any atom is -0.395 e. The van der Waals surface area contributed by atoms with Crippen LogP contribution in [0.4, 0.5) is 8.78 Å². The Labute approximate surface area is 101 Å². The van der Waals surface area contributed by atoms with Crippen LogP contribution < -0.4 is 5.32 Å². The molecule has 0 aromatic heterocycles. The van der Waals surface area contributed by atoms with Crippen LogP contribution in [0.2, 0.25) is 0 Å². The standard InChI is InChI=1S/C13H19F2NO/c1-8(2)13(7-17)16-9(3)11-6-10(14)4-5-12(11)15/h4-6,8-9,13,16-17H,7H2,1-3H3/t9?,13-/m1/s1. The Morgan fingerprint density at radius 3 is 2.41 bits per heavy atom. The van der Waals surface area contributed by atoms with Gasteiger partial charge in [-0.15, -0.1) is 0 Å². The average molecular weight is 243 g/mol. The Morgan fingerprint density at radius 1 is 1.24 bits per heavy atom. The molecule has 0 amide bonds. The van der Waals surface area contributed by atoms with Crippen molar-refractivity contribution in [2.75, 3.05) is 6.61 Å². The minimum atomic E-state index is -0.458. The van der Waals surface area contributed by atoms with Crippen LogP contribution in [0.1, 0.15) is 32.4 Å². The summed E-state index contributed by atoms with van der Waals surface area (Å²) in [7, 11) is 0. The maximum absolute atomic E-state index is 13.5. The molecule has 0 heterocycles. The maximum Gasteiger partial charge on any atom is 0.128 e. The molecule has 96 valence electrons. The summed E-state index contributed by atoms with van der Waals surface area (Å²) < 4.78 is 26.5. The maximum atomic E-state index is 13.5. The van der Waals surface area contributed by atoms with E-state index >= 15 is 0 Å². The number of rotatable bonds is 5. The Balaban J connectivity index is 2.81. The van der Waals surface area contributed by atoms with Crippen LogP contribution in [0.15, 0.2) is 18.2 Å². The first-order chi connectivity index (χ1) is 7.95. The highest BCUT2D eigenvalue weighted by Crippen LogP contribution is 2.19. The van der Waals surface area contributed by atoms with Gasteiger partial charge in [0.2, 0.25) is 0 Å². The molecule has 0 aliphatic heterocycles. The highest BCUT2D eigenvalue weighted by molar-refractivity contribution is 5.21. The lowest BCUT2D eigenvalue weighted by Gasteiger charge is -2.25. The summed E-state index contributed by atoms with van der Waals surface area (Å²) in [5, 5.41) is 12.3. The Bertz CT molecular complexity index is 368. The van der Waals surface area contributed by atoms with Crippen LogP contribution in [0.3, 0.4) is 0 Å². The summed E-state index contributed by atoms with van der Waals surface area (Å²) >= 11 is 0. The van der Waals surface area contributed by atoms with Gasteiger partial charge in [-0.25, -0.2) is 8.78 Å². The molecule has 1 aromatic rings. The molecular formula is C13H19F2NO. The number of aliphatic hydroxyl groups excluding tert-OH is 1. The third-order valence-corrected chi connectivity index (χ3v) is 2.89. The fourth-order valence-corrected chi connectivity index (χ4v) is 1.71. The van der Waals surface area contributed by atoms with Gasteiger partial charge in [-0.2, -0.15) is 0 Å². The van der Waals surface area contributed by atoms with E-state index in [4.69, 9.17) is 0 Å². The van der Waals surface area contributed by atoms with Crippen LogP contribution in [0.25, 0.3) is 0 Å². The molecule has 1 aromatic carbocycles. The van der Waals surface area contributed by atoms with Crippen LogP contribution in [-0.2, 0) is 0 Å². The zero-order valence-corrected chi connectivity index (χ0v) is 10.4. The van der Waals surface area contributed by atoms with Crippen molar-refractivity contribution in [3.63, 3.8) is 0 Å². The molecule has 2 N–H and O–H groups in total. The summed E-state index contributed by atoms with van der Waals surface area (Å²) in [6.07, 6.45) is 0. The van der Waals surface area contributed by atoms with E-state index in [2.05, 4.69) is 5.32 Å². The van der Waals surface area contributed by atoms with Crippen LogP contribution in [0.5, 0.6) is 0 Å². The lowest BCUT2D eigenvalue weighted by Crippen LogP contribution is -2.38. The third kappa shape index (κ3) is 3.75. The molecule has 2 atom stereocenters. The minimum absolute atomic E-state index is 0.0288. The first-order valence-corrected chi connectivity index (χ1v) is 5.77. The van der Waals surface area contributed by atoms with E-state index in [1.54, 1.807) is 6.92 Å². The summed E-state index contributed by atoms with van der Waals surface area (Å²) in [6.45, 7) is 5.65. The van der Waals surface area contributed by atoms with Gasteiger partial charge in [0.05, 0.1) is 6.61 Å². The number of halogens is 2. The van der Waals surface area contributed by atoms with Gasteiger partial charge in [-0.05, 0) is 31.0 Å². The van der Waals surface area contributed by atoms with Crippen molar-refractivity contribution in [3.05, 3.63) is 35.4 Å². The summed E-state index contributed by atoms with van der Waals surface area (Å²) in [4.78, 5) is 0. The smallest absolute Gasteiger partial charge is 0.128 e. The molecule has 0 bridgehead atoms. The van der Waals surface area contributed by atoms with Crippen molar-refractivity contribution >= 4 is 0 Å². The second kappa shape index (κ2) is 6.07. The Kier molecular flexibility index (Phi) is 5.02. The normalized spacial score (nSPS) is 15.0. The number of hydrogen-bond donors (Lipinski definition) is 2. The molecule has 2 nitrogen and oxygen atoms in total. The molecule has 0 saturated carbocycles. The molecule has 0 aliphatic carbocycles. The molecule has 0 fully saturated rings. The fourth-order valence-electron chi connectivity index (χ4n) is 1.71. The average Bonchev–Trinajstić information content (AvgIpc) is 2.28. The van der Waals surface area contributed by atoms with E-state index in [1.807, 2.05) is 13.8 Å². The molecule has 0 saturated heterocycles. The highest BCUT2D eigenvalue weighted by Gasteiger charge is 2.18. The number of aliphatic hydroxyl groups is 1. The van der Waals surface area contributed by atoms with Crippen molar-refractivity contribution in [2.24, 2.45) is 5.92 Å². The first-order valence-electron chi connectivity index (χ1n) is 5.77. The van der Waals surface area contributed by atoms with E-state index in [-0.39, 0.29) is 30.2 Å². The van der Waals surface area contributed by atoms with Crippen molar-refractivity contribution in [1.82, 2.24) is 5.32 Å². The SMILES string of the molecule is CC(N[C@H](CO)C(C)C)c1cc(F)ccc1F. The second-order valence-corrected chi connectivity index (χ2v) is 4.59. The molecule has 1 rings (SSSR count). The van der Waals surface area contributed by atoms with Crippen LogP contribution >= 0.6 is 0 Å². The lowest BCUT2D eigenvalue weighted by atomic mass is 10.0. The topological polar surface area (TPSA) is 32.3 Å². The Morgan fingerprint density at radius 2 is 1.88 bits per heavy atom. The van der Waals surface area contributed by atoms with E-state index in [0.717, 1.165) is 12.1 Å². The van der Waals surface area contributed by atoms with Gasteiger partial charge < -0.3 is 10.4 Å². The quantitative estimate of drug-likeness (QED) is 0.833. The van der Waals surface area contributed by atoms with E-state index in [0.29, 0.717) is 0 Å². The van der Waals surface area contributed by atoms with Crippen molar-refractivity contribution in [3.8, 4) is 0 Å². The molecule has 0 radical (unpaired) electrons. The molecule has 0 spiro atoms. The third-order valence-electron chi connectivity index (χ3n) is 2.89. The highest BCUT2D eigenvalue weighted by atomic mass is 19.1. The summed E-state index contributed by atoms with van der Waals surface area (Å²) in [5.74, 6) is -0.675. The number of hydrogen-bond acceptors (Lipinski definition) is 2. The van der Waals surface area contributed by atoms with Crippen LogP contribution in [0, 0.1) is 17.6 Å². The Hall–Kier alpha value is -1.00.